The van der Waals surface area contributed by atoms with Gasteiger partial charge in [-0.1, -0.05) is 0 Å². The van der Waals surface area contributed by atoms with Gasteiger partial charge in [0.05, 0.1) is 11.2 Å². The molecule has 0 saturated heterocycles. The minimum Gasteiger partial charge on any atom is -0.481 e. The molecule has 1 saturated carbocycles. The summed E-state index contributed by atoms with van der Waals surface area (Å²) >= 11 is 0. The maximum atomic E-state index is 12.0. The van der Waals surface area contributed by atoms with Crippen LogP contribution < -0.4 is 5.73 Å². The first kappa shape index (κ1) is 14.0. The molecule has 1 unspecified atom stereocenters. The van der Waals surface area contributed by atoms with E-state index in [1.54, 1.807) is 0 Å². The quantitative estimate of drug-likeness (QED) is 0.736. The number of carboxylic acid groups (broad SMARTS) is 1. The molecule has 0 aromatic heterocycles. The van der Waals surface area contributed by atoms with Gasteiger partial charge in [0.25, 0.3) is 0 Å². The third-order valence-corrected chi connectivity index (χ3v) is 6.00. The van der Waals surface area contributed by atoms with E-state index < -0.39 is 38.1 Å². The number of carbonyl (C=O) groups excluding carboxylic acids is 1. The second-order valence-electron chi connectivity index (χ2n) is 4.45. The number of primary amides is 1. The smallest absolute Gasteiger partial charge is 0.306 e. The Balaban J connectivity index is 2.71. The molecular weight excluding hydrogens is 246 g/mol. The number of amides is 1. The maximum absolute atomic E-state index is 12.0. The standard InChI is InChI=1S/C10H17NO5S/c1-6(9(11)12)17(15,16)8-4-2-7(3-5-8)10(13)14/h6-8H,2-5H2,1H3,(H2,11,12)(H,13,14). The SMILES string of the molecule is CC(C(N)=O)S(=O)(=O)C1CCC(C(=O)O)CC1. The van der Waals surface area contributed by atoms with E-state index in [4.69, 9.17) is 10.8 Å². The second-order valence-corrected chi connectivity index (χ2v) is 7.00. The maximum Gasteiger partial charge on any atom is 0.306 e. The third kappa shape index (κ3) is 2.96. The Morgan fingerprint density at radius 1 is 1.24 bits per heavy atom. The summed E-state index contributed by atoms with van der Waals surface area (Å²) in [5.74, 6) is -2.21. The van der Waals surface area contributed by atoms with Gasteiger partial charge in [0.2, 0.25) is 5.91 Å². The van der Waals surface area contributed by atoms with Crippen LogP contribution in [0, 0.1) is 5.92 Å². The van der Waals surface area contributed by atoms with Gasteiger partial charge in [-0.2, -0.15) is 0 Å². The van der Waals surface area contributed by atoms with Gasteiger partial charge in [0.1, 0.15) is 5.25 Å². The molecule has 1 aliphatic rings. The van der Waals surface area contributed by atoms with Crippen LogP contribution in [0.3, 0.4) is 0 Å². The van der Waals surface area contributed by atoms with Crippen molar-refractivity contribution in [1.82, 2.24) is 0 Å². The van der Waals surface area contributed by atoms with Crippen LogP contribution in [-0.2, 0) is 19.4 Å². The van der Waals surface area contributed by atoms with E-state index in [0.717, 1.165) is 0 Å². The average Bonchev–Trinajstić information content (AvgIpc) is 2.27. The predicted octanol–water partition coefficient (Wildman–Crippen LogP) is -0.0816. The summed E-state index contributed by atoms with van der Waals surface area (Å²) in [6, 6.07) is 0. The summed E-state index contributed by atoms with van der Waals surface area (Å²) in [6.07, 6.45) is 1.25. The lowest BCUT2D eigenvalue weighted by molar-refractivity contribution is -0.142. The number of carbonyl (C=O) groups is 2. The van der Waals surface area contributed by atoms with Crippen LogP contribution in [0.4, 0.5) is 0 Å². The van der Waals surface area contributed by atoms with E-state index in [9.17, 15) is 18.0 Å². The van der Waals surface area contributed by atoms with Crippen LogP contribution >= 0.6 is 0 Å². The lowest BCUT2D eigenvalue weighted by Gasteiger charge is -2.27. The van der Waals surface area contributed by atoms with Crippen LogP contribution in [0.25, 0.3) is 0 Å². The van der Waals surface area contributed by atoms with Gasteiger partial charge in [-0.25, -0.2) is 8.42 Å². The van der Waals surface area contributed by atoms with Crippen molar-refractivity contribution in [2.45, 2.75) is 43.1 Å². The number of carboxylic acids is 1. The monoisotopic (exact) mass is 263 g/mol. The molecule has 0 aromatic carbocycles. The minimum atomic E-state index is -3.58. The molecule has 1 atom stereocenters. The third-order valence-electron chi connectivity index (χ3n) is 3.38. The van der Waals surface area contributed by atoms with Crippen molar-refractivity contribution in [3.05, 3.63) is 0 Å². The molecule has 0 bridgehead atoms. The molecule has 0 aliphatic heterocycles. The highest BCUT2D eigenvalue weighted by Crippen LogP contribution is 2.30. The average molecular weight is 263 g/mol. The molecule has 1 rings (SSSR count). The Morgan fingerprint density at radius 2 is 1.71 bits per heavy atom. The molecule has 1 aliphatic carbocycles. The van der Waals surface area contributed by atoms with Gasteiger partial charge in [-0.15, -0.1) is 0 Å². The topological polar surface area (TPSA) is 115 Å². The van der Waals surface area contributed by atoms with E-state index in [2.05, 4.69) is 0 Å². The number of aliphatic carboxylic acids is 1. The van der Waals surface area contributed by atoms with Crippen molar-refractivity contribution in [3.8, 4) is 0 Å². The van der Waals surface area contributed by atoms with Crippen LogP contribution in [-0.4, -0.2) is 35.9 Å². The molecule has 3 N–H and O–H groups in total. The lowest BCUT2D eigenvalue weighted by atomic mass is 9.89. The normalized spacial score (nSPS) is 27.4. The van der Waals surface area contributed by atoms with Crippen molar-refractivity contribution in [1.29, 1.82) is 0 Å². The summed E-state index contributed by atoms with van der Waals surface area (Å²) in [5, 5.41) is 6.96. The number of sulfone groups is 1. The number of rotatable bonds is 4. The van der Waals surface area contributed by atoms with Gasteiger partial charge in [0, 0.05) is 0 Å². The summed E-state index contributed by atoms with van der Waals surface area (Å²) in [5.41, 5.74) is 4.99. The Bertz CT molecular complexity index is 408. The van der Waals surface area contributed by atoms with Gasteiger partial charge >= 0.3 is 5.97 Å². The molecular formula is C10H17NO5S. The molecule has 0 spiro atoms. The molecule has 7 heteroatoms. The molecule has 0 heterocycles. The first-order chi connectivity index (χ1) is 7.76. The van der Waals surface area contributed by atoms with Crippen molar-refractivity contribution >= 4 is 21.7 Å². The van der Waals surface area contributed by atoms with Crippen LogP contribution in [0.1, 0.15) is 32.6 Å². The fourth-order valence-corrected chi connectivity index (χ4v) is 3.92. The van der Waals surface area contributed by atoms with E-state index in [-0.39, 0.29) is 12.8 Å². The van der Waals surface area contributed by atoms with Crippen LogP contribution in [0.15, 0.2) is 0 Å². The first-order valence-corrected chi connectivity index (χ1v) is 7.12. The lowest BCUT2D eigenvalue weighted by Crippen LogP contribution is -2.41. The summed E-state index contributed by atoms with van der Waals surface area (Å²) in [7, 11) is -3.58. The first-order valence-electron chi connectivity index (χ1n) is 5.51. The zero-order valence-electron chi connectivity index (χ0n) is 9.63. The van der Waals surface area contributed by atoms with Gasteiger partial charge in [-0.3, -0.25) is 9.59 Å². The highest BCUT2D eigenvalue weighted by molar-refractivity contribution is 7.93. The Labute approximate surface area is 100 Å². The number of hydrogen-bond acceptors (Lipinski definition) is 4. The van der Waals surface area contributed by atoms with Crippen molar-refractivity contribution in [2.75, 3.05) is 0 Å². The summed E-state index contributed by atoms with van der Waals surface area (Å²) in [6.45, 7) is 1.28. The number of hydrogen-bond donors (Lipinski definition) is 2. The Hall–Kier alpha value is -1.11. The molecule has 0 aromatic rings. The highest BCUT2D eigenvalue weighted by Gasteiger charge is 2.38. The fourth-order valence-electron chi connectivity index (χ4n) is 2.09. The van der Waals surface area contributed by atoms with Gasteiger partial charge in [-0.05, 0) is 32.6 Å². The largest absolute Gasteiger partial charge is 0.481 e. The van der Waals surface area contributed by atoms with Crippen molar-refractivity contribution in [3.63, 3.8) is 0 Å². The molecule has 17 heavy (non-hydrogen) atoms. The zero-order chi connectivity index (χ0) is 13.2. The van der Waals surface area contributed by atoms with Crippen molar-refractivity contribution in [2.24, 2.45) is 11.7 Å². The van der Waals surface area contributed by atoms with E-state index in [0.29, 0.717) is 12.8 Å². The minimum absolute atomic E-state index is 0.289. The van der Waals surface area contributed by atoms with Crippen molar-refractivity contribution < 1.29 is 23.1 Å². The molecule has 1 amide bonds. The highest BCUT2D eigenvalue weighted by atomic mass is 32.2. The van der Waals surface area contributed by atoms with Crippen LogP contribution in [0.2, 0.25) is 0 Å². The number of nitrogens with two attached hydrogens (primary N) is 1. The van der Waals surface area contributed by atoms with Crippen LogP contribution in [0.5, 0.6) is 0 Å². The Morgan fingerprint density at radius 3 is 2.06 bits per heavy atom. The Kier molecular flexibility index (Phi) is 4.13. The molecule has 1 fully saturated rings. The predicted molar refractivity (Wildman–Crippen MR) is 61.0 cm³/mol. The van der Waals surface area contributed by atoms with E-state index in [1.807, 2.05) is 0 Å². The summed E-state index contributed by atoms with van der Waals surface area (Å²) in [4.78, 5) is 21.6. The van der Waals surface area contributed by atoms with Gasteiger partial charge in [0.15, 0.2) is 9.84 Å². The summed E-state index contributed by atoms with van der Waals surface area (Å²) < 4.78 is 23.9. The zero-order valence-corrected chi connectivity index (χ0v) is 10.4. The fraction of sp³-hybridized carbons (Fsp3) is 0.800. The van der Waals surface area contributed by atoms with E-state index >= 15 is 0 Å². The van der Waals surface area contributed by atoms with E-state index in [1.165, 1.54) is 6.92 Å². The molecule has 6 nitrogen and oxygen atoms in total. The molecule has 98 valence electrons. The van der Waals surface area contributed by atoms with Gasteiger partial charge < -0.3 is 10.8 Å². The molecule has 0 radical (unpaired) electrons. The second kappa shape index (κ2) is 5.03.